The van der Waals surface area contributed by atoms with Crippen molar-refractivity contribution in [3.05, 3.63) is 0 Å². The first-order valence-corrected chi connectivity index (χ1v) is 11.5. The van der Waals surface area contributed by atoms with Gasteiger partial charge in [0.25, 0.3) is 0 Å². The van der Waals surface area contributed by atoms with E-state index in [1.54, 1.807) is 0 Å². The summed E-state index contributed by atoms with van der Waals surface area (Å²) in [5.74, 6) is 0.693. The molecule has 2 heteroatoms. The molecule has 0 rings (SSSR count). The van der Waals surface area contributed by atoms with Crippen molar-refractivity contribution in [2.75, 3.05) is 0 Å². The highest BCUT2D eigenvalue weighted by molar-refractivity contribution is 6.44. The molecule has 0 amide bonds. The fraction of sp³-hybridized carbons (Fsp3) is 1.00. The van der Waals surface area contributed by atoms with Crippen molar-refractivity contribution in [1.82, 2.24) is 0 Å². The Bertz CT molecular complexity index is 222. The summed E-state index contributed by atoms with van der Waals surface area (Å²) in [4.78, 5) is 0. The molecule has 22 heavy (non-hydrogen) atoms. The van der Waals surface area contributed by atoms with E-state index in [1.165, 1.54) is 96.3 Å². The van der Waals surface area contributed by atoms with Crippen LogP contribution < -0.4 is 0 Å². The summed E-state index contributed by atoms with van der Waals surface area (Å²) < 4.78 is 0.108. The molecular formula is C20H43ClSi. The lowest BCUT2D eigenvalue weighted by Crippen LogP contribution is -2.26. The van der Waals surface area contributed by atoms with Crippen LogP contribution in [0.25, 0.3) is 0 Å². The molecule has 0 aromatic heterocycles. The molecule has 134 valence electrons. The fourth-order valence-electron chi connectivity index (χ4n) is 2.99. The maximum atomic E-state index is 6.40. The van der Waals surface area contributed by atoms with Crippen LogP contribution in [0.3, 0.4) is 0 Å². The minimum Gasteiger partial charge on any atom is -0.124 e. The Hall–Kier alpha value is 0.507. The standard InChI is InChI=1S/C20H43ClSi/c1-4-5-6-7-8-9-10-11-12-13-14-15-16-17-18-19(2)20(3,21)22/h19H,4-18H2,1-3,22H3. The summed E-state index contributed by atoms with van der Waals surface area (Å²) in [6.45, 7) is 6.82. The minimum absolute atomic E-state index is 0.108. The first-order chi connectivity index (χ1) is 10.5. The fourth-order valence-corrected chi connectivity index (χ4v) is 3.39. The Morgan fingerprint density at radius 1 is 0.727 bits per heavy atom. The van der Waals surface area contributed by atoms with E-state index >= 15 is 0 Å². The first-order valence-electron chi connectivity index (χ1n) is 10.2. The van der Waals surface area contributed by atoms with Gasteiger partial charge in [-0.05, 0) is 19.3 Å². The van der Waals surface area contributed by atoms with Gasteiger partial charge in [-0.1, -0.05) is 104 Å². The molecule has 0 spiro atoms. The molecule has 2 unspecified atom stereocenters. The highest BCUT2D eigenvalue weighted by Crippen LogP contribution is 2.26. The lowest BCUT2D eigenvalue weighted by molar-refractivity contribution is 0.450. The van der Waals surface area contributed by atoms with Gasteiger partial charge < -0.3 is 0 Å². The molecule has 0 aliphatic carbocycles. The molecular weight excluding hydrogens is 304 g/mol. The molecule has 0 aliphatic rings. The SMILES string of the molecule is CCCCCCCCCCCCCCCCC(C)C(C)([SiH3])Cl. The van der Waals surface area contributed by atoms with E-state index in [1.807, 2.05) is 0 Å². The van der Waals surface area contributed by atoms with E-state index in [2.05, 4.69) is 20.8 Å². The third-order valence-corrected chi connectivity index (χ3v) is 6.52. The first kappa shape index (κ1) is 22.5. The molecule has 0 fully saturated rings. The minimum atomic E-state index is 0.108. The van der Waals surface area contributed by atoms with Gasteiger partial charge in [0.15, 0.2) is 0 Å². The smallest absolute Gasteiger partial charge is 0.0293 e. The average Bonchev–Trinajstić information content (AvgIpc) is 2.46. The van der Waals surface area contributed by atoms with Gasteiger partial charge in [-0.3, -0.25) is 0 Å². The van der Waals surface area contributed by atoms with E-state index in [4.69, 9.17) is 11.6 Å². The second-order valence-corrected chi connectivity index (χ2v) is 11.5. The highest BCUT2D eigenvalue weighted by Gasteiger charge is 2.21. The third kappa shape index (κ3) is 15.4. The number of halogens is 1. The van der Waals surface area contributed by atoms with Crippen LogP contribution in [0.1, 0.15) is 117 Å². The Morgan fingerprint density at radius 2 is 1.05 bits per heavy atom. The van der Waals surface area contributed by atoms with E-state index in [0.717, 1.165) is 10.2 Å². The quantitative estimate of drug-likeness (QED) is 0.163. The summed E-state index contributed by atoms with van der Waals surface area (Å²) in [5, 5.41) is 0. The Balaban J connectivity index is 3.12. The van der Waals surface area contributed by atoms with Gasteiger partial charge in [0, 0.05) is 14.7 Å². The third-order valence-electron chi connectivity index (χ3n) is 5.16. The Morgan fingerprint density at radius 3 is 1.36 bits per heavy atom. The summed E-state index contributed by atoms with van der Waals surface area (Å²) in [5.41, 5.74) is 0. The van der Waals surface area contributed by atoms with Crippen molar-refractivity contribution >= 4 is 21.8 Å². The van der Waals surface area contributed by atoms with Crippen molar-refractivity contribution in [2.24, 2.45) is 5.92 Å². The van der Waals surface area contributed by atoms with E-state index in [9.17, 15) is 0 Å². The number of hydrogen-bond donors (Lipinski definition) is 0. The van der Waals surface area contributed by atoms with Gasteiger partial charge in [-0.15, -0.1) is 11.6 Å². The summed E-state index contributed by atoms with van der Waals surface area (Å²) in [7, 11) is 1.10. The van der Waals surface area contributed by atoms with Crippen LogP contribution >= 0.6 is 11.6 Å². The van der Waals surface area contributed by atoms with Gasteiger partial charge in [-0.2, -0.15) is 0 Å². The number of alkyl halides is 1. The van der Waals surface area contributed by atoms with Gasteiger partial charge in [0.1, 0.15) is 0 Å². The largest absolute Gasteiger partial charge is 0.124 e. The van der Waals surface area contributed by atoms with Gasteiger partial charge in [-0.25, -0.2) is 0 Å². The van der Waals surface area contributed by atoms with E-state index in [0.29, 0.717) is 5.92 Å². The van der Waals surface area contributed by atoms with Crippen LogP contribution in [-0.4, -0.2) is 14.7 Å². The Labute approximate surface area is 149 Å². The molecule has 0 N–H and O–H groups in total. The molecule has 0 bridgehead atoms. The molecule has 2 atom stereocenters. The molecule has 0 aromatic rings. The second kappa shape index (κ2) is 15.1. The molecule has 0 aliphatic heterocycles. The van der Waals surface area contributed by atoms with Crippen LogP contribution in [0.4, 0.5) is 0 Å². The van der Waals surface area contributed by atoms with Crippen LogP contribution in [0.2, 0.25) is 0 Å². The second-order valence-electron chi connectivity index (χ2n) is 7.85. The lowest BCUT2D eigenvalue weighted by Gasteiger charge is -2.24. The van der Waals surface area contributed by atoms with Crippen molar-refractivity contribution < 1.29 is 0 Å². The summed E-state index contributed by atoms with van der Waals surface area (Å²) in [6.07, 6.45) is 21.5. The van der Waals surface area contributed by atoms with Crippen molar-refractivity contribution in [3.63, 3.8) is 0 Å². The molecule has 0 aromatic carbocycles. The van der Waals surface area contributed by atoms with Crippen LogP contribution in [-0.2, 0) is 0 Å². The number of rotatable bonds is 16. The monoisotopic (exact) mass is 346 g/mol. The van der Waals surface area contributed by atoms with Crippen LogP contribution in [0, 0.1) is 5.92 Å². The zero-order valence-electron chi connectivity index (χ0n) is 16.1. The van der Waals surface area contributed by atoms with E-state index < -0.39 is 0 Å². The van der Waals surface area contributed by atoms with Gasteiger partial charge >= 0.3 is 0 Å². The number of unbranched alkanes of at least 4 members (excludes halogenated alkanes) is 13. The molecule has 0 saturated heterocycles. The lowest BCUT2D eigenvalue weighted by atomic mass is 9.98. The molecule has 0 saturated carbocycles. The predicted molar refractivity (Wildman–Crippen MR) is 108 cm³/mol. The molecule has 0 nitrogen and oxygen atoms in total. The van der Waals surface area contributed by atoms with Crippen LogP contribution in [0.5, 0.6) is 0 Å². The van der Waals surface area contributed by atoms with Gasteiger partial charge in [0.05, 0.1) is 0 Å². The van der Waals surface area contributed by atoms with Crippen molar-refractivity contribution in [2.45, 2.75) is 122 Å². The summed E-state index contributed by atoms with van der Waals surface area (Å²) >= 11 is 6.40. The van der Waals surface area contributed by atoms with Crippen LogP contribution in [0.15, 0.2) is 0 Å². The topological polar surface area (TPSA) is 0 Å². The molecule has 0 heterocycles. The van der Waals surface area contributed by atoms with Crippen molar-refractivity contribution in [3.8, 4) is 0 Å². The maximum absolute atomic E-state index is 6.40. The highest BCUT2D eigenvalue weighted by atomic mass is 35.5. The Kier molecular flexibility index (Phi) is 15.4. The zero-order valence-corrected chi connectivity index (χ0v) is 18.8. The van der Waals surface area contributed by atoms with Gasteiger partial charge in [0.2, 0.25) is 0 Å². The predicted octanol–water partition coefficient (Wildman–Crippen LogP) is 6.81. The van der Waals surface area contributed by atoms with Crippen molar-refractivity contribution in [1.29, 1.82) is 0 Å². The normalized spacial score (nSPS) is 15.8. The number of hydrogen-bond acceptors (Lipinski definition) is 0. The maximum Gasteiger partial charge on any atom is 0.0293 e. The van der Waals surface area contributed by atoms with E-state index in [-0.39, 0.29) is 4.50 Å². The molecule has 0 radical (unpaired) electrons. The summed E-state index contributed by atoms with van der Waals surface area (Å²) in [6, 6.07) is 0. The zero-order chi connectivity index (χ0) is 16.7. The average molecular weight is 347 g/mol.